The fraction of sp³-hybridized carbons (Fsp3) is 0.467. The van der Waals surface area contributed by atoms with E-state index in [0.717, 1.165) is 39.0 Å². The summed E-state index contributed by atoms with van der Waals surface area (Å²) < 4.78 is 19.1. The predicted octanol–water partition coefficient (Wildman–Crippen LogP) is 3.39. The van der Waals surface area contributed by atoms with E-state index >= 15 is 0 Å². The largest absolute Gasteiger partial charge is 0.381 e. The zero-order valence-corrected chi connectivity index (χ0v) is 11.7. The van der Waals surface area contributed by atoms with Gasteiger partial charge < -0.3 is 10.1 Å². The molecule has 0 saturated carbocycles. The monoisotopic (exact) mass is 277 g/mol. The number of unbranched alkanes of at least 4 members (excludes halogenated alkanes) is 1. The number of aromatic nitrogens is 2. The smallest absolute Gasteiger partial charge is 0.149 e. The van der Waals surface area contributed by atoms with Gasteiger partial charge in [-0.25, -0.2) is 14.4 Å². The van der Waals surface area contributed by atoms with Crippen LogP contribution in [0.4, 0.5) is 10.2 Å². The van der Waals surface area contributed by atoms with Crippen molar-refractivity contribution in [2.24, 2.45) is 0 Å². The van der Waals surface area contributed by atoms with Crippen molar-refractivity contribution in [1.29, 1.82) is 0 Å². The van der Waals surface area contributed by atoms with E-state index in [1.807, 2.05) is 6.07 Å². The second-order valence-corrected chi connectivity index (χ2v) is 4.60. The molecule has 108 valence electrons. The maximum Gasteiger partial charge on any atom is 0.149 e. The first-order chi connectivity index (χ1) is 9.83. The minimum atomic E-state index is -0.323. The molecule has 1 N–H and O–H groups in total. The molecule has 0 saturated heterocycles. The highest BCUT2D eigenvalue weighted by Gasteiger charge is 2.06. The standard InChI is InChI=1S/C15H20FN3O/c1-2-3-9-20-10-5-8-17-15-12-6-4-7-13(16)14(12)18-11-19-15/h4,6-7,11H,2-3,5,8-10H2,1H3,(H,17,18,19). The van der Waals surface area contributed by atoms with Crippen molar-refractivity contribution < 1.29 is 9.13 Å². The molecule has 1 aromatic heterocycles. The molecule has 0 bridgehead atoms. The van der Waals surface area contributed by atoms with Crippen LogP contribution < -0.4 is 5.32 Å². The molecule has 2 aromatic rings. The molecule has 1 aromatic carbocycles. The summed E-state index contributed by atoms with van der Waals surface area (Å²) >= 11 is 0. The number of benzene rings is 1. The Morgan fingerprint density at radius 2 is 2.05 bits per heavy atom. The van der Waals surface area contributed by atoms with Crippen molar-refractivity contribution in [2.75, 3.05) is 25.1 Å². The van der Waals surface area contributed by atoms with E-state index in [2.05, 4.69) is 22.2 Å². The van der Waals surface area contributed by atoms with E-state index in [1.165, 1.54) is 12.4 Å². The lowest BCUT2D eigenvalue weighted by atomic mass is 10.2. The highest BCUT2D eigenvalue weighted by molar-refractivity contribution is 5.89. The second-order valence-electron chi connectivity index (χ2n) is 4.60. The van der Waals surface area contributed by atoms with Gasteiger partial charge in [-0.05, 0) is 25.0 Å². The summed E-state index contributed by atoms with van der Waals surface area (Å²) in [5.74, 6) is 0.346. The number of para-hydroxylation sites is 1. The molecule has 0 fully saturated rings. The summed E-state index contributed by atoms with van der Waals surface area (Å²) in [5.41, 5.74) is 0.351. The molecule has 0 radical (unpaired) electrons. The maximum atomic E-state index is 13.6. The fourth-order valence-electron chi connectivity index (χ4n) is 1.92. The van der Waals surface area contributed by atoms with Crippen LogP contribution in [0.2, 0.25) is 0 Å². The van der Waals surface area contributed by atoms with E-state index in [0.29, 0.717) is 16.7 Å². The molecule has 2 rings (SSSR count). The lowest BCUT2D eigenvalue weighted by molar-refractivity contribution is 0.131. The zero-order valence-electron chi connectivity index (χ0n) is 11.7. The third-order valence-corrected chi connectivity index (χ3v) is 3.02. The van der Waals surface area contributed by atoms with Crippen LogP contribution in [0.5, 0.6) is 0 Å². The Hall–Kier alpha value is -1.75. The van der Waals surface area contributed by atoms with Crippen LogP contribution in [0.25, 0.3) is 10.9 Å². The number of anilines is 1. The van der Waals surface area contributed by atoms with Crippen molar-refractivity contribution in [3.8, 4) is 0 Å². The average molecular weight is 277 g/mol. The average Bonchev–Trinajstić information content (AvgIpc) is 2.47. The van der Waals surface area contributed by atoms with E-state index in [4.69, 9.17) is 4.74 Å². The number of hydrogen-bond acceptors (Lipinski definition) is 4. The van der Waals surface area contributed by atoms with Crippen molar-refractivity contribution in [3.63, 3.8) is 0 Å². The molecule has 5 heteroatoms. The summed E-state index contributed by atoms with van der Waals surface area (Å²) in [6.07, 6.45) is 4.52. The Kier molecular flexibility index (Phi) is 5.68. The quantitative estimate of drug-likeness (QED) is 0.751. The topological polar surface area (TPSA) is 47.0 Å². The van der Waals surface area contributed by atoms with Crippen LogP contribution in [0, 0.1) is 5.82 Å². The first-order valence-electron chi connectivity index (χ1n) is 7.03. The van der Waals surface area contributed by atoms with Gasteiger partial charge in [0, 0.05) is 25.1 Å². The number of halogens is 1. The van der Waals surface area contributed by atoms with Gasteiger partial charge in [0.1, 0.15) is 23.5 Å². The Morgan fingerprint density at radius 3 is 2.90 bits per heavy atom. The SMILES string of the molecule is CCCCOCCCNc1ncnc2c(F)cccc12. The van der Waals surface area contributed by atoms with Crippen molar-refractivity contribution in [3.05, 3.63) is 30.3 Å². The minimum absolute atomic E-state index is 0.323. The molecule has 0 amide bonds. The number of hydrogen-bond donors (Lipinski definition) is 1. The first-order valence-corrected chi connectivity index (χ1v) is 7.03. The number of fused-ring (bicyclic) bond motifs is 1. The van der Waals surface area contributed by atoms with Gasteiger partial charge in [-0.1, -0.05) is 19.4 Å². The van der Waals surface area contributed by atoms with Gasteiger partial charge in [0.25, 0.3) is 0 Å². The van der Waals surface area contributed by atoms with Crippen molar-refractivity contribution in [2.45, 2.75) is 26.2 Å². The van der Waals surface area contributed by atoms with Gasteiger partial charge in [0.2, 0.25) is 0 Å². The molecule has 1 heterocycles. The van der Waals surface area contributed by atoms with E-state index in [-0.39, 0.29) is 5.82 Å². The normalized spacial score (nSPS) is 10.9. The first kappa shape index (κ1) is 14.7. The van der Waals surface area contributed by atoms with E-state index in [1.54, 1.807) is 6.07 Å². The molecule has 20 heavy (non-hydrogen) atoms. The molecule has 4 nitrogen and oxygen atoms in total. The van der Waals surface area contributed by atoms with Crippen LogP contribution in [0.1, 0.15) is 26.2 Å². The summed E-state index contributed by atoms with van der Waals surface area (Å²) in [6, 6.07) is 4.89. The third-order valence-electron chi connectivity index (χ3n) is 3.02. The Balaban J connectivity index is 1.86. The van der Waals surface area contributed by atoms with Crippen LogP contribution in [0.15, 0.2) is 24.5 Å². The van der Waals surface area contributed by atoms with Gasteiger partial charge in [-0.15, -0.1) is 0 Å². The maximum absolute atomic E-state index is 13.6. The van der Waals surface area contributed by atoms with E-state index in [9.17, 15) is 4.39 Å². The molecule has 0 aliphatic heterocycles. The van der Waals surface area contributed by atoms with Gasteiger partial charge in [-0.3, -0.25) is 0 Å². The molecule has 0 spiro atoms. The summed E-state index contributed by atoms with van der Waals surface area (Å²) in [7, 11) is 0. The van der Waals surface area contributed by atoms with Gasteiger partial charge >= 0.3 is 0 Å². The van der Waals surface area contributed by atoms with Crippen LogP contribution in [-0.2, 0) is 4.74 Å². The van der Waals surface area contributed by atoms with Crippen molar-refractivity contribution in [1.82, 2.24) is 9.97 Å². The summed E-state index contributed by atoms with van der Waals surface area (Å²) in [5, 5.41) is 3.92. The fourth-order valence-corrected chi connectivity index (χ4v) is 1.92. The molecule has 0 atom stereocenters. The molecular formula is C15H20FN3O. The van der Waals surface area contributed by atoms with Gasteiger partial charge in [0.15, 0.2) is 0 Å². The second kappa shape index (κ2) is 7.75. The highest BCUT2D eigenvalue weighted by atomic mass is 19.1. The highest BCUT2D eigenvalue weighted by Crippen LogP contribution is 2.20. The van der Waals surface area contributed by atoms with Crippen molar-refractivity contribution >= 4 is 16.7 Å². The van der Waals surface area contributed by atoms with Gasteiger partial charge in [-0.2, -0.15) is 0 Å². The lowest BCUT2D eigenvalue weighted by Gasteiger charge is -2.08. The molecule has 0 aliphatic rings. The number of nitrogens with zero attached hydrogens (tertiary/aromatic N) is 2. The molecule has 0 aliphatic carbocycles. The van der Waals surface area contributed by atoms with Gasteiger partial charge in [0.05, 0.1) is 0 Å². The van der Waals surface area contributed by atoms with E-state index < -0.39 is 0 Å². The Bertz CT molecular complexity index is 548. The predicted molar refractivity (Wildman–Crippen MR) is 78.3 cm³/mol. The van der Waals surface area contributed by atoms with Crippen LogP contribution >= 0.6 is 0 Å². The lowest BCUT2D eigenvalue weighted by Crippen LogP contribution is -2.08. The zero-order chi connectivity index (χ0) is 14.2. The number of rotatable bonds is 8. The Labute approximate surface area is 118 Å². The Morgan fingerprint density at radius 1 is 1.20 bits per heavy atom. The van der Waals surface area contributed by atoms with Crippen LogP contribution in [0.3, 0.4) is 0 Å². The summed E-state index contributed by atoms with van der Waals surface area (Å²) in [6.45, 7) is 4.43. The minimum Gasteiger partial charge on any atom is -0.381 e. The number of ether oxygens (including phenoxy) is 1. The third kappa shape index (κ3) is 3.87. The number of nitrogens with one attached hydrogen (secondary N) is 1. The molecular weight excluding hydrogens is 257 g/mol. The van der Waals surface area contributed by atoms with Crippen LogP contribution in [-0.4, -0.2) is 29.7 Å². The summed E-state index contributed by atoms with van der Waals surface area (Å²) in [4.78, 5) is 8.13. The molecule has 0 unspecified atom stereocenters.